The highest BCUT2D eigenvalue weighted by molar-refractivity contribution is 5.93. The molecule has 0 aliphatic carbocycles. The molecule has 2 N–H and O–H groups in total. The van der Waals surface area contributed by atoms with Crippen LogP contribution in [0.5, 0.6) is 0 Å². The molecule has 0 saturated carbocycles. The first kappa shape index (κ1) is 17.5. The summed E-state index contributed by atoms with van der Waals surface area (Å²) in [5, 5.41) is 5.48. The van der Waals surface area contributed by atoms with E-state index in [1.165, 1.54) is 13.2 Å². The van der Waals surface area contributed by atoms with Crippen LogP contribution in [0.1, 0.15) is 17.5 Å². The van der Waals surface area contributed by atoms with Gasteiger partial charge in [-0.15, -0.1) is 0 Å². The van der Waals surface area contributed by atoms with Gasteiger partial charge >= 0.3 is 6.03 Å². The van der Waals surface area contributed by atoms with Crippen LogP contribution in [0.2, 0.25) is 0 Å². The maximum Gasteiger partial charge on any atom is 0.321 e. The van der Waals surface area contributed by atoms with Crippen LogP contribution in [-0.4, -0.2) is 53.8 Å². The standard InChI is InChI=1S/C18H20N4O4/c1-13(23)19-14-4-6-15(7-5-14)20-18(25)22-10-8-21(9-11-22)17(24)16-3-2-12-26-16/h2-7,12H,8-11H2,1H3,(H,19,23)(H,20,25). The summed E-state index contributed by atoms with van der Waals surface area (Å²) in [7, 11) is 0. The fourth-order valence-electron chi connectivity index (χ4n) is 2.71. The van der Waals surface area contributed by atoms with Crippen LogP contribution < -0.4 is 10.6 Å². The van der Waals surface area contributed by atoms with Crippen molar-refractivity contribution in [1.82, 2.24) is 9.80 Å². The predicted molar refractivity (Wildman–Crippen MR) is 95.9 cm³/mol. The molecule has 1 aromatic heterocycles. The molecule has 1 fully saturated rings. The molecular formula is C18H20N4O4. The second-order valence-corrected chi connectivity index (χ2v) is 5.95. The molecular weight excluding hydrogens is 336 g/mol. The van der Waals surface area contributed by atoms with Gasteiger partial charge in [0.1, 0.15) is 0 Å². The molecule has 4 amide bonds. The van der Waals surface area contributed by atoms with Crippen molar-refractivity contribution < 1.29 is 18.8 Å². The second-order valence-electron chi connectivity index (χ2n) is 5.95. The van der Waals surface area contributed by atoms with Gasteiger partial charge in [0.15, 0.2) is 5.76 Å². The van der Waals surface area contributed by atoms with Crippen LogP contribution in [0.25, 0.3) is 0 Å². The van der Waals surface area contributed by atoms with Crippen molar-refractivity contribution in [2.75, 3.05) is 36.8 Å². The first-order chi connectivity index (χ1) is 12.5. The molecule has 3 rings (SSSR count). The van der Waals surface area contributed by atoms with Gasteiger partial charge in [-0.3, -0.25) is 9.59 Å². The van der Waals surface area contributed by atoms with Gasteiger partial charge in [-0.1, -0.05) is 0 Å². The van der Waals surface area contributed by atoms with Crippen LogP contribution in [0, 0.1) is 0 Å². The summed E-state index contributed by atoms with van der Waals surface area (Å²) in [6.07, 6.45) is 1.47. The maximum atomic E-state index is 12.4. The number of carbonyl (C=O) groups excluding carboxylic acids is 3. The molecule has 136 valence electrons. The van der Waals surface area contributed by atoms with Gasteiger partial charge in [0.25, 0.3) is 5.91 Å². The van der Waals surface area contributed by atoms with Gasteiger partial charge in [0.2, 0.25) is 5.91 Å². The zero-order valence-electron chi connectivity index (χ0n) is 14.4. The fraction of sp³-hybridized carbons (Fsp3) is 0.278. The van der Waals surface area contributed by atoms with E-state index >= 15 is 0 Å². The minimum Gasteiger partial charge on any atom is -0.459 e. The first-order valence-electron chi connectivity index (χ1n) is 8.29. The normalized spacial score (nSPS) is 14.0. The van der Waals surface area contributed by atoms with Crippen molar-refractivity contribution in [3.63, 3.8) is 0 Å². The molecule has 0 atom stereocenters. The number of carbonyl (C=O) groups is 3. The third-order valence-corrected chi connectivity index (χ3v) is 4.04. The molecule has 2 heterocycles. The minimum atomic E-state index is -0.220. The van der Waals surface area contributed by atoms with E-state index in [-0.39, 0.29) is 17.8 Å². The Morgan fingerprint density at radius 2 is 1.46 bits per heavy atom. The Kier molecular flexibility index (Phi) is 5.21. The predicted octanol–water partition coefficient (Wildman–Crippen LogP) is 2.23. The smallest absolute Gasteiger partial charge is 0.321 e. The van der Waals surface area contributed by atoms with E-state index in [1.54, 1.807) is 46.2 Å². The third-order valence-electron chi connectivity index (χ3n) is 4.04. The number of anilines is 2. The Hall–Kier alpha value is -3.29. The van der Waals surface area contributed by atoms with Crippen molar-refractivity contribution >= 4 is 29.2 Å². The van der Waals surface area contributed by atoms with E-state index in [9.17, 15) is 14.4 Å². The average molecular weight is 356 g/mol. The molecule has 1 aliphatic heterocycles. The number of hydrogen-bond donors (Lipinski definition) is 2. The van der Waals surface area contributed by atoms with Crippen molar-refractivity contribution in [3.05, 3.63) is 48.4 Å². The number of hydrogen-bond acceptors (Lipinski definition) is 4. The Labute approximate surface area is 150 Å². The molecule has 0 unspecified atom stereocenters. The molecule has 8 nitrogen and oxygen atoms in total. The Bertz CT molecular complexity index is 778. The third kappa shape index (κ3) is 4.21. The number of nitrogens with zero attached hydrogens (tertiary/aromatic N) is 2. The maximum absolute atomic E-state index is 12.4. The van der Waals surface area contributed by atoms with Gasteiger partial charge in [-0.05, 0) is 36.4 Å². The lowest BCUT2D eigenvalue weighted by molar-refractivity contribution is -0.114. The molecule has 26 heavy (non-hydrogen) atoms. The molecule has 0 bridgehead atoms. The lowest BCUT2D eigenvalue weighted by Crippen LogP contribution is -2.51. The van der Waals surface area contributed by atoms with Gasteiger partial charge in [0.05, 0.1) is 6.26 Å². The molecule has 1 saturated heterocycles. The number of rotatable bonds is 3. The van der Waals surface area contributed by atoms with E-state index in [4.69, 9.17) is 4.42 Å². The number of nitrogens with one attached hydrogen (secondary N) is 2. The Morgan fingerprint density at radius 1 is 0.885 bits per heavy atom. The SMILES string of the molecule is CC(=O)Nc1ccc(NC(=O)N2CCN(C(=O)c3ccco3)CC2)cc1. The van der Waals surface area contributed by atoms with Crippen molar-refractivity contribution in [2.45, 2.75) is 6.92 Å². The molecule has 8 heteroatoms. The highest BCUT2D eigenvalue weighted by Crippen LogP contribution is 2.15. The average Bonchev–Trinajstić information content (AvgIpc) is 3.17. The van der Waals surface area contributed by atoms with Crippen LogP contribution >= 0.6 is 0 Å². The molecule has 1 aliphatic rings. The monoisotopic (exact) mass is 356 g/mol. The summed E-state index contributed by atoms with van der Waals surface area (Å²) in [6.45, 7) is 3.24. The first-order valence-corrected chi connectivity index (χ1v) is 8.29. The molecule has 1 aromatic carbocycles. The number of amides is 4. The van der Waals surface area contributed by atoms with Crippen molar-refractivity contribution in [1.29, 1.82) is 0 Å². The Balaban J connectivity index is 1.50. The molecule has 2 aromatic rings. The number of furan rings is 1. The number of benzene rings is 1. The quantitative estimate of drug-likeness (QED) is 0.882. The van der Waals surface area contributed by atoms with E-state index < -0.39 is 0 Å². The summed E-state index contributed by atoms with van der Waals surface area (Å²) in [5.74, 6) is -0.00506. The highest BCUT2D eigenvalue weighted by atomic mass is 16.3. The highest BCUT2D eigenvalue weighted by Gasteiger charge is 2.26. The lowest BCUT2D eigenvalue weighted by Gasteiger charge is -2.34. The summed E-state index contributed by atoms with van der Waals surface area (Å²) in [4.78, 5) is 38.9. The summed E-state index contributed by atoms with van der Waals surface area (Å²) in [5.41, 5.74) is 1.30. The lowest BCUT2D eigenvalue weighted by atomic mass is 10.2. The van der Waals surface area contributed by atoms with E-state index in [0.29, 0.717) is 43.3 Å². The fourth-order valence-corrected chi connectivity index (χ4v) is 2.71. The minimum absolute atomic E-state index is 0.149. The summed E-state index contributed by atoms with van der Waals surface area (Å²) >= 11 is 0. The number of piperazine rings is 1. The van der Waals surface area contributed by atoms with E-state index in [0.717, 1.165) is 0 Å². The van der Waals surface area contributed by atoms with Crippen molar-refractivity contribution in [2.24, 2.45) is 0 Å². The van der Waals surface area contributed by atoms with Crippen LogP contribution in [-0.2, 0) is 4.79 Å². The zero-order valence-corrected chi connectivity index (χ0v) is 14.4. The van der Waals surface area contributed by atoms with Crippen LogP contribution in [0.15, 0.2) is 47.1 Å². The summed E-state index contributed by atoms with van der Waals surface area (Å²) < 4.78 is 5.13. The van der Waals surface area contributed by atoms with Crippen LogP contribution in [0.3, 0.4) is 0 Å². The van der Waals surface area contributed by atoms with Gasteiger partial charge in [0, 0.05) is 44.5 Å². The van der Waals surface area contributed by atoms with Gasteiger partial charge < -0.3 is 24.9 Å². The molecule has 0 spiro atoms. The Morgan fingerprint density at radius 3 is 2.00 bits per heavy atom. The van der Waals surface area contributed by atoms with Gasteiger partial charge in [-0.2, -0.15) is 0 Å². The summed E-state index contributed by atoms with van der Waals surface area (Å²) in [6, 6.07) is 9.97. The molecule has 0 radical (unpaired) electrons. The second kappa shape index (κ2) is 7.73. The van der Waals surface area contributed by atoms with E-state index in [1.807, 2.05) is 0 Å². The largest absolute Gasteiger partial charge is 0.459 e. The van der Waals surface area contributed by atoms with E-state index in [2.05, 4.69) is 10.6 Å². The van der Waals surface area contributed by atoms with Gasteiger partial charge in [-0.25, -0.2) is 4.79 Å². The van der Waals surface area contributed by atoms with Crippen molar-refractivity contribution in [3.8, 4) is 0 Å². The van der Waals surface area contributed by atoms with Crippen LogP contribution in [0.4, 0.5) is 16.2 Å². The number of urea groups is 1. The zero-order chi connectivity index (χ0) is 18.5. The topological polar surface area (TPSA) is 94.9 Å².